The van der Waals surface area contributed by atoms with Crippen molar-refractivity contribution in [3.05, 3.63) is 36.2 Å². The number of nitrogens with zero attached hydrogens (tertiary/aromatic N) is 2. The summed E-state index contributed by atoms with van der Waals surface area (Å²) in [7, 11) is 0. The molecular formula is C15H21N3O. The van der Waals surface area contributed by atoms with Gasteiger partial charge in [0.05, 0.1) is 22.9 Å². The van der Waals surface area contributed by atoms with Crippen LogP contribution in [-0.2, 0) is 6.54 Å². The lowest BCUT2D eigenvalue weighted by atomic mass is 9.90. The van der Waals surface area contributed by atoms with Gasteiger partial charge in [-0.25, -0.2) is 4.98 Å². The molecular weight excluding hydrogens is 238 g/mol. The number of aromatic nitrogens is 2. The normalized spacial score (nSPS) is 11.9. The Bertz CT molecular complexity index is 540. The van der Waals surface area contributed by atoms with Crippen molar-refractivity contribution in [2.24, 2.45) is 5.41 Å². The Hall–Kier alpha value is -1.52. The first-order valence-electron chi connectivity index (χ1n) is 6.63. The maximum absolute atomic E-state index is 8.99. The van der Waals surface area contributed by atoms with Crippen molar-refractivity contribution in [2.45, 2.75) is 26.8 Å². The highest BCUT2D eigenvalue weighted by Crippen LogP contribution is 2.18. The summed E-state index contributed by atoms with van der Waals surface area (Å²) in [6, 6.07) is 7.87. The summed E-state index contributed by atoms with van der Waals surface area (Å²) in [5, 5.41) is 12.4. The van der Waals surface area contributed by atoms with E-state index < -0.39 is 0 Å². The summed E-state index contributed by atoms with van der Waals surface area (Å²) in [5.74, 6) is 0. The maximum Gasteiger partial charge on any atom is 0.0890 e. The minimum absolute atomic E-state index is 0.0963. The molecule has 0 aliphatic heterocycles. The number of benzene rings is 1. The number of aliphatic hydroxyl groups excluding tert-OH is 1. The Kier molecular flexibility index (Phi) is 4.45. The number of fused-ring (bicyclic) bond motifs is 1. The van der Waals surface area contributed by atoms with Gasteiger partial charge in [0.15, 0.2) is 0 Å². The molecule has 4 nitrogen and oxygen atoms in total. The van der Waals surface area contributed by atoms with Gasteiger partial charge in [0, 0.05) is 19.7 Å². The van der Waals surface area contributed by atoms with Crippen LogP contribution in [0.2, 0.25) is 0 Å². The van der Waals surface area contributed by atoms with E-state index in [0.717, 1.165) is 29.7 Å². The average Bonchev–Trinajstić information content (AvgIpc) is 2.38. The minimum atomic E-state index is 0.0963. The lowest BCUT2D eigenvalue weighted by Crippen LogP contribution is -2.30. The first kappa shape index (κ1) is 13.9. The molecule has 0 aliphatic rings. The zero-order chi connectivity index (χ0) is 13.7. The average molecular weight is 259 g/mol. The van der Waals surface area contributed by atoms with Crippen LogP contribution in [0.4, 0.5) is 0 Å². The molecule has 0 unspecified atom stereocenters. The van der Waals surface area contributed by atoms with Crippen LogP contribution in [-0.4, -0.2) is 28.2 Å². The van der Waals surface area contributed by atoms with Crippen LogP contribution in [0.25, 0.3) is 11.0 Å². The summed E-state index contributed by atoms with van der Waals surface area (Å²) in [6.07, 6.45) is 2.61. The van der Waals surface area contributed by atoms with E-state index in [-0.39, 0.29) is 12.0 Å². The van der Waals surface area contributed by atoms with Gasteiger partial charge in [-0.1, -0.05) is 26.0 Å². The quantitative estimate of drug-likeness (QED) is 0.834. The number of rotatable bonds is 6. The Balaban J connectivity index is 1.95. The van der Waals surface area contributed by atoms with E-state index in [4.69, 9.17) is 5.11 Å². The van der Waals surface area contributed by atoms with Crippen LogP contribution in [0.3, 0.4) is 0 Å². The van der Waals surface area contributed by atoms with E-state index in [1.807, 2.05) is 30.5 Å². The molecule has 1 aromatic carbocycles. The highest BCUT2D eigenvalue weighted by atomic mass is 16.3. The lowest BCUT2D eigenvalue weighted by molar-refractivity contribution is 0.207. The van der Waals surface area contributed by atoms with Gasteiger partial charge < -0.3 is 10.4 Å². The molecule has 0 saturated carbocycles. The maximum atomic E-state index is 8.99. The minimum Gasteiger partial charge on any atom is -0.396 e. The fourth-order valence-corrected chi connectivity index (χ4v) is 2.00. The van der Waals surface area contributed by atoms with Gasteiger partial charge in [-0.3, -0.25) is 4.98 Å². The number of nitrogens with one attached hydrogen (secondary N) is 1. The first-order valence-corrected chi connectivity index (χ1v) is 6.63. The molecule has 19 heavy (non-hydrogen) atoms. The summed E-state index contributed by atoms with van der Waals surface area (Å²) < 4.78 is 0. The number of hydrogen-bond acceptors (Lipinski definition) is 4. The Morgan fingerprint density at radius 3 is 2.68 bits per heavy atom. The second-order valence-electron chi connectivity index (χ2n) is 5.59. The van der Waals surface area contributed by atoms with Gasteiger partial charge in [0.25, 0.3) is 0 Å². The van der Waals surface area contributed by atoms with Crippen LogP contribution in [0.1, 0.15) is 26.0 Å². The summed E-state index contributed by atoms with van der Waals surface area (Å²) in [4.78, 5) is 8.96. The topological polar surface area (TPSA) is 58.0 Å². The molecule has 4 heteroatoms. The van der Waals surface area contributed by atoms with Gasteiger partial charge in [0.1, 0.15) is 0 Å². The fourth-order valence-electron chi connectivity index (χ4n) is 2.00. The second kappa shape index (κ2) is 6.08. The molecule has 2 N–H and O–H groups in total. The second-order valence-corrected chi connectivity index (χ2v) is 5.59. The van der Waals surface area contributed by atoms with Crippen molar-refractivity contribution in [1.29, 1.82) is 0 Å². The van der Waals surface area contributed by atoms with Crippen molar-refractivity contribution in [3.63, 3.8) is 0 Å². The smallest absolute Gasteiger partial charge is 0.0890 e. The van der Waals surface area contributed by atoms with Gasteiger partial charge in [-0.05, 0) is 24.0 Å². The van der Waals surface area contributed by atoms with Crippen molar-refractivity contribution >= 4 is 11.0 Å². The van der Waals surface area contributed by atoms with Gasteiger partial charge in [-0.15, -0.1) is 0 Å². The van der Waals surface area contributed by atoms with Crippen molar-refractivity contribution in [3.8, 4) is 0 Å². The predicted octanol–water partition coefficient (Wildman–Crippen LogP) is 2.13. The third-order valence-corrected chi connectivity index (χ3v) is 3.20. The van der Waals surface area contributed by atoms with Gasteiger partial charge in [0.2, 0.25) is 0 Å². The third kappa shape index (κ3) is 3.98. The molecule has 0 fully saturated rings. The molecule has 0 saturated heterocycles. The Morgan fingerprint density at radius 2 is 1.95 bits per heavy atom. The number of para-hydroxylation sites is 2. The molecule has 0 amide bonds. The molecule has 0 spiro atoms. The van der Waals surface area contributed by atoms with E-state index in [2.05, 4.69) is 29.1 Å². The fraction of sp³-hybridized carbons (Fsp3) is 0.467. The molecule has 0 radical (unpaired) electrons. The summed E-state index contributed by atoms with van der Waals surface area (Å²) >= 11 is 0. The highest BCUT2D eigenvalue weighted by Gasteiger charge is 2.16. The van der Waals surface area contributed by atoms with E-state index in [1.54, 1.807) is 0 Å². The van der Waals surface area contributed by atoms with Crippen LogP contribution in [0, 0.1) is 5.41 Å². The Morgan fingerprint density at radius 1 is 1.21 bits per heavy atom. The van der Waals surface area contributed by atoms with Gasteiger partial charge in [-0.2, -0.15) is 0 Å². The zero-order valence-electron chi connectivity index (χ0n) is 11.6. The van der Waals surface area contributed by atoms with E-state index in [1.165, 1.54) is 0 Å². The van der Waals surface area contributed by atoms with Gasteiger partial charge >= 0.3 is 0 Å². The first-order chi connectivity index (χ1) is 9.11. The molecule has 102 valence electrons. The van der Waals surface area contributed by atoms with Crippen LogP contribution < -0.4 is 5.32 Å². The molecule has 2 aromatic rings. The van der Waals surface area contributed by atoms with Crippen LogP contribution >= 0.6 is 0 Å². The van der Waals surface area contributed by atoms with Crippen molar-refractivity contribution in [2.75, 3.05) is 13.2 Å². The molecule has 0 aliphatic carbocycles. The van der Waals surface area contributed by atoms with E-state index in [0.29, 0.717) is 6.54 Å². The van der Waals surface area contributed by atoms with E-state index >= 15 is 0 Å². The van der Waals surface area contributed by atoms with Crippen molar-refractivity contribution in [1.82, 2.24) is 15.3 Å². The summed E-state index contributed by atoms with van der Waals surface area (Å²) in [6.45, 7) is 6.06. The summed E-state index contributed by atoms with van der Waals surface area (Å²) in [5.41, 5.74) is 2.89. The molecule has 0 atom stereocenters. The monoisotopic (exact) mass is 259 g/mol. The number of aliphatic hydroxyl groups is 1. The van der Waals surface area contributed by atoms with E-state index in [9.17, 15) is 0 Å². The van der Waals surface area contributed by atoms with Crippen molar-refractivity contribution < 1.29 is 5.11 Å². The molecule has 0 bridgehead atoms. The molecule has 1 aromatic heterocycles. The zero-order valence-corrected chi connectivity index (χ0v) is 11.6. The third-order valence-electron chi connectivity index (χ3n) is 3.20. The lowest BCUT2D eigenvalue weighted by Gasteiger charge is -2.23. The molecule has 1 heterocycles. The van der Waals surface area contributed by atoms with Crippen LogP contribution in [0.15, 0.2) is 30.5 Å². The SMILES string of the molecule is CC(C)(CCO)CNCc1cnc2ccccc2n1. The largest absolute Gasteiger partial charge is 0.396 e. The predicted molar refractivity (Wildman–Crippen MR) is 76.7 cm³/mol. The van der Waals surface area contributed by atoms with Crippen LogP contribution in [0.5, 0.6) is 0 Å². The standard InChI is InChI=1S/C15H21N3O/c1-15(2,7-8-19)11-16-9-12-10-17-13-5-3-4-6-14(13)18-12/h3-6,10,16,19H,7-9,11H2,1-2H3. The molecule has 2 rings (SSSR count). The highest BCUT2D eigenvalue weighted by molar-refractivity contribution is 5.73. The number of hydrogen-bond donors (Lipinski definition) is 2. The Labute approximate surface area is 113 Å².